The van der Waals surface area contributed by atoms with Gasteiger partial charge in [0.2, 0.25) is 11.8 Å². The third kappa shape index (κ3) is 3.84. The highest BCUT2D eigenvalue weighted by Crippen LogP contribution is 2.31. The first-order chi connectivity index (χ1) is 9.99. The Morgan fingerprint density at radius 3 is 2.67 bits per heavy atom. The molecule has 0 aliphatic carbocycles. The first-order valence-corrected chi connectivity index (χ1v) is 7.16. The van der Waals surface area contributed by atoms with Crippen molar-refractivity contribution in [2.75, 3.05) is 17.6 Å². The molecule has 1 aromatic carbocycles. The number of rotatable bonds is 5. The summed E-state index contributed by atoms with van der Waals surface area (Å²) in [6.45, 7) is 9.06. The Hall–Kier alpha value is -2.30. The maximum atomic E-state index is 5.95. The SMILES string of the molecule is CCNc1cc(Oc2cc(C)ccc2C(C)C)nc(N)n1. The topological polar surface area (TPSA) is 73.1 Å². The molecule has 112 valence electrons. The van der Waals surface area contributed by atoms with E-state index in [0.717, 1.165) is 23.4 Å². The minimum absolute atomic E-state index is 0.196. The van der Waals surface area contributed by atoms with Gasteiger partial charge >= 0.3 is 0 Å². The van der Waals surface area contributed by atoms with Crippen molar-refractivity contribution >= 4 is 11.8 Å². The molecule has 2 rings (SSSR count). The normalized spacial score (nSPS) is 10.7. The number of nitrogens with one attached hydrogen (secondary N) is 1. The maximum absolute atomic E-state index is 5.95. The van der Waals surface area contributed by atoms with E-state index in [1.807, 2.05) is 19.9 Å². The summed E-state index contributed by atoms with van der Waals surface area (Å²) < 4.78 is 5.95. The van der Waals surface area contributed by atoms with Crippen LogP contribution >= 0.6 is 0 Å². The van der Waals surface area contributed by atoms with Crippen LogP contribution in [0.1, 0.15) is 37.8 Å². The second kappa shape index (κ2) is 6.43. The number of ether oxygens (including phenoxy) is 1. The zero-order valence-corrected chi connectivity index (χ0v) is 13.0. The largest absolute Gasteiger partial charge is 0.438 e. The number of benzene rings is 1. The molecule has 0 saturated heterocycles. The molecule has 5 nitrogen and oxygen atoms in total. The predicted octanol–water partition coefficient (Wildman–Crippen LogP) is 3.71. The molecule has 0 spiro atoms. The van der Waals surface area contributed by atoms with E-state index < -0.39 is 0 Å². The molecule has 0 fully saturated rings. The summed E-state index contributed by atoms with van der Waals surface area (Å²) >= 11 is 0. The number of hydrogen-bond acceptors (Lipinski definition) is 5. The standard InChI is InChI=1S/C16H22N4O/c1-5-18-14-9-15(20-16(17)19-14)21-13-8-11(4)6-7-12(13)10(2)3/h6-10H,5H2,1-4H3,(H3,17,18,19,20). The van der Waals surface area contributed by atoms with Crippen LogP contribution in [0.5, 0.6) is 11.6 Å². The van der Waals surface area contributed by atoms with Gasteiger partial charge in [-0.05, 0) is 37.0 Å². The van der Waals surface area contributed by atoms with Gasteiger partial charge < -0.3 is 15.8 Å². The predicted molar refractivity (Wildman–Crippen MR) is 86.0 cm³/mol. The Morgan fingerprint density at radius 2 is 2.00 bits per heavy atom. The molecule has 1 aromatic heterocycles. The third-order valence-electron chi connectivity index (χ3n) is 3.08. The Bertz CT molecular complexity index is 626. The molecule has 0 unspecified atom stereocenters. The monoisotopic (exact) mass is 286 g/mol. The van der Waals surface area contributed by atoms with Crippen molar-refractivity contribution in [1.29, 1.82) is 0 Å². The van der Waals surface area contributed by atoms with Crippen molar-refractivity contribution in [3.05, 3.63) is 35.4 Å². The Balaban J connectivity index is 2.35. The molecule has 21 heavy (non-hydrogen) atoms. The summed E-state index contributed by atoms with van der Waals surface area (Å²) in [7, 11) is 0. The zero-order chi connectivity index (χ0) is 15.4. The van der Waals surface area contributed by atoms with Crippen LogP contribution in [0, 0.1) is 6.92 Å². The molecule has 1 heterocycles. The van der Waals surface area contributed by atoms with E-state index in [9.17, 15) is 0 Å². The fourth-order valence-corrected chi connectivity index (χ4v) is 2.09. The average Bonchev–Trinajstić information content (AvgIpc) is 2.38. The Labute approximate surface area is 125 Å². The molecular formula is C16H22N4O. The van der Waals surface area contributed by atoms with E-state index in [4.69, 9.17) is 10.5 Å². The molecule has 0 aliphatic heterocycles. The highest BCUT2D eigenvalue weighted by atomic mass is 16.5. The molecule has 0 amide bonds. The average molecular weight is 286 g/mol. The van der Waals surface area contributed by atoms with Gasteiger partial charge in [0.1, 0.15) is 11.6 Å². The molecule has 0 radical (unpaired) electrons. The lowest BCUT2D eigenvalue weighted by Gasteiger charge is -2.14. The van der Waals surface area contributed by atoms with Crippen LogP contribution in [-0.2, 0) is 0 Å². The molecule has 3 N–H and O–H groups in total. The van der Waals surface area contributed by atoms with Gasteiger partial charge in [0.05, 0.1) is 0 Å². The molecule has 0 atom stereocenters. The highest BCUT2D eigenvalue weighted by Gasteiger charge is 2.11. The second-order valence-corrected chi connectivity index (χ2v) is 5.28. The molecule has 2 aromatic rings. The quantitative estimate of drug-likeness (QED) is 0.876. The van der Waals surface area contributed by atoms with E-state index in [-0.39, 0.29) is 5.95 Å². The lowest BCUT2D eigenvalue weighted by atomic mass is 10.0. The third-order valence-corrected chi connectivity index (χ3v) is 3.08. The first kappa shape index (κ1) is 15.1. The minimum atomic E-state index is 0.196. The summed E-state index contributed by atoms with van der Waals surface area (Å²) in [5, 5.41) is 3.11. The lowest BCUT2D eigenvalue weighted by Crippen LogP contribution is -2.05. The highest BCUT2D eigenvalue weighted by molar-refractivity contribution is 5.46. The van der Waals surface area contributed by atoms with Crippen molar-refractivity contribution in [3.63, 3.8) is 0 Å². The Kier molecular flexibility index (Phi) is 4.62. The van der Waals surface area contributed by atoms with E-state index in [1.54, 1.807) is 6.07 Å². The minimum Gasteiger partial charge on any atom is -0.438 e. The molecule has 0 aliphatic rings. The molecule has 5 heteroatoms. The van der Waals surface area contributed by atoms with Crippen molar-refractivity contribution in [3.8, 4) is 11.6 Å². The van der Waals surface area contributed by atoms with Crippen LogP contribution in [0.2, 0.25) is 0 Å². The lowest BCUT2D eigenvalue weighted by molar-refractivity contribution is 0.454. The molecule has 0 bridgehead atoms. The fraction of sp³-hybridized carbons (Fsp3) is 0.375. The van der Waals surface area contributed by atoms with E-state index in [2.05, 4.69) is 41.3 Å². The number of aryl methyl sites for hydroxylation is 1. The smallest absolute Gasteiger partial charge is 0.226 e. The van der Waals surface area contributed by atoms with Crippen molar-refractivity contribution < 1.29 is 4.74 Å². The van der Waals surface area contributed by atoms with Gasteiger partial charge in [-0.15, -0.1) is 0 Å². The number of nitrogens with zero attached hydrogens (tertiary/aromatic N) is 2. The maximum Gasteiger partial charge on any atom is 0.226 e. The van der Waals surface area contributed by atoms with E-state index in [0.29, 0.717) is 17.6 Å². The van der Waals surface area contributed by atoms with E-state index >= 15 is 0 Å². The van der Waals surface area contributed by atoms with Crippen LogP contribution in [0.3, 0.4) is 0 Å². The number of anilines is 2. The van der Waals surface area contributed by atoms with Gasteiger partial charge in [-0.1, -0.05) is 26.0 Å². The van der Waals surface area contributed by atoms with Crippen molar-refractivity contribution in [2.45, 2.75) is 33.6 Å². The van der Waals surface area contributed by atoms with Crippen LogP contribution < -0.4 is 15.8 Å². The number of nitrogens with two attached hydrogens (primary N) is 1. The number of aromatic nitrogens is 2. The summed E-state index contributed by atoms with van der Waals surface area (Å²) in [5.74, 6) is 2.49. The van der Waals surface area contributed by atoms with Gasteiger partial charge in [-0.2, -0.15) is 9.97 Å². The van der Waals surface area contributed by atoms with Crippen LogP contribution in [0.4, 0.5) is 11.8 Å². The van der Waals surface area contributed by atoms with Crippen LogP contribution in [0.25, 0.3) is 0 Å². The summed E-state index contributed by atoms with van der Waals surface area (Å²) in [6, 6.07) is 7.94. The molecular weight excluding hydrogens is 264 g/mol. The van der Waals surface area contributed by atoms with Crippen molar-refractivity contribution in [1.82, 2.24) is 9.97 Å². The van der Waals surface area contributed by atoms with Gasteiger partial charge in [0.15, 0.2) is 0 Å². The summed E-state index contributed by atoms with van der Waals surface area (Å²) in [6.07, 6.45) is 0. The van der Waals surface area contributed by atoms with E-state index in [1.165, 1.54) is 0 Å². The van der Waals surface area contributed by atoms with Gasteiger partial charge in [-0.25, -0.2) is 0 Å². The van der Waals surface area contributed by atoms with Crippen LogP contribution in [0.15, 0.2) is 24.3 Å². The first-order valence-electron chi connectivity index (χ1n) is 7.16. The van der Waals surface area contributed by atoms with Gasteiger partial charge in [0.25, 0.3) is 0 Å². The number of hydrogen-bond donors (Lipinski definition) is 2. The second-order valence-electron chi connectivity index (χ2n) is 5.28. The van der Waals surface area contributed by atoms with Gasteiger partial charge in [-0.3, -0.25) is 0 Å². The fourth-order valence-electron chi connectivity index (χ4n) is 2.09. The summed E-state index contributed by atoms with van der Waals surface area (Å²) in [4.78, 5) is 8.26. The van der Waals surface area contributed by atoms with Crippen LogP contribution in [-0.4, -0.2) is 16.5 Å². The van der Waals surface area contributed by atoms with Gasteiger partial charge in [0, 0.05) is 12.6 Å². The zero-order valence-electron chi connectivity index (χ0n) is 13.0. The molecule has 0 saturated carbocycles. The van der Waals surface area contributed by atoms with Crippen molar-refractivity contribution in [2.24, 2.45) is 0 Å². The Morgan fingerprint density at radius 1 is 1.24 bits per heavy atom. The summed E-state index contributed by atoms with van der Waals surface area (Å²) in [5.41, 5.74) is 8.01. The number of nitrogen functional groups attached to an aromatic ring is 1.